The second-order valence-electron chi connectivity index (χ2n) is 4.24. The largest absolute Gasteiger partial charge is 0.459 e. The molecule has 1 rings (SSSR count). The summed E-state index contributed by atoms with van der Waals surface area (Å²) in [5.41, 5.74) is -0.359. The highest BCUT2D eigenvalue weighted by Gasteiger charge is 2.23. The molecule has 0 aromatic rings. The summed E-state index contributed by atoms with van der Waals surface area (Å²) < 4.78 is 5.11. The van der Waals surface area contributed by atoms with E-state index in [1.165, 1.54) is 12.8 Å². The lowest BCUT2D eigenvalue weighted by Gasteiger charge is -2.19. The molecule has 0 radical (unpaired) electrons. The quantitative estimate of drug-likeness (QED) is 0.646. The van der Waals surface area contributed by atoms with Gasteiger partial charge in [-0.1, -0.05) is 0 Å². The molecule has 0 saturated heterocycles. The Morgan fingerprint density at radius 3 is 2.50 bits per heavy atom. The monoisotopic (exact) mass is 171 g/mol. The molecule has 12 heavy (non-hydrogen) atoms. The third-order valence-corrected chi connectivity index (χ3v) is 1.53. The highest BCUT2D eigenvalue weighted by atomic mass is 16.6. The molecular weight excluding hydrogens is 154 g/mol. The molecular formula is C9H17NO2. The Hall–Kier alpha value is -0.570. The Bertz CT molecular complexity index is 168. The molecule has 1 N–H and O–H groups in total. The van der Waals surface area contributed by atoms with Gasteiger partial charge >= 0.3 is 5.97 Å². The van der Waals surface area contributed by atoms with Crippen molar-refractivity contribution in [3.63, 3.8) is 0 Å². The van der Waals surface area contributed by atoms with Crippen molar-refractivity contribution in [2.45, 2.75) is 45.3 Å². The summed E-state index contributed by atoms with van der Waals surface area (Å²) in [6, 6.07) is 0.567. The van der Waals surface area contributed by atoms with Gasteiger partial charge in [-0.25, -0.2) is 0 Å². The third kappa shape index (κ3) is 4.34. The SMILES string of the molecule is CC(C)(C)OC(=O)CNC1CC1. The second kappa shape index (κ2) is 3.44. The fraction of sp³-hybridized carbons (Fsp3) is 0.889. The van der Waals surface area contributed by atoms with Crippen molar-refractivity contribution in [2.24, 2.45) is 0 Å². The van der Waals surface area contributed by atoms with E-state index < -0.39 is 0 Å². The molecule has 0 atom stereocenters. The minimum absolute atomic E-state index is 0.158. The topological polar surface area (TPSA) is 38.3 Å². The first kappa shape index (κ1) is 9.52. The van der Waals surface area contributed by atoms with Crippen LogP contribution in [0.3, 0.4) is 0 Å². The molecule has 1 saturated carbocycles. The zero-order valence-corrected chi connectivity index (χ0v) is 8.02. The average Bonchev–Trinajstić information content (AvgIpc) is 2.61. The van der Waals surface area contributed by atoms with Gasteiger partial charge in [0.25, 0.3) is 0 Å². The first-order valence-electron chi connectivity index (χ1n) is 4.42. The van der Waals surface area contributed by atoms with E-state index in [0.717, 1.165) is 0 Å². The summed E-state index contributed by atoms with van der Waals surface area (Å²) in [6.07, 6.45) is 2.39. The van der Waals surface area contributed by atoms with Crippen molar-refractivity contribution >= 4 is 5.97 Å². The van der Waals surface area contributed by atoms with E-state index in [1.54, 1.807) is 0 Å². The summed E-state index contributed by atoms with van der Waals surface area (Å²) in [7, 11) is 0. The predicted molar refractivity (Wildman–Crippen MR) is 46.9 cm³/mol. The molecule has 0 heterocycles. The molecule has 3 nitrogen and oxygen atoms in total. The van der Waals surface area contributed by atoms with Crippen molar-refractivity contribution in [3.8, 4) is 0 Å². The summed E-state index contributed by atoms with van der Waals surface area (Å²) >= 11 is 0. The van der Waals surface area contributed by atoms with Crippen LogP contribution in [-0.2, 0) is 9.53 Å². The summed E-state index contributed by atoms with van der Waals surface area (Å²) in [5, 5.41) is 3.10. The minimum atomic E-state index is -0.359. The van der Waals surface area contributed by atoms with Crippen LogP contribution in [0.2, 0.25) is 0 Å². The molecule has 0 aromatic carbocycles. The van der Waals surface area contributed by atoms with Gasteiger partial charge in [-0.3, -0.25) is 4.79 Å². The molecule has 0 spiro atoms. The third-order valence-electron chi connectivity index (χ3n) is 1.53. The maximum atomic E-state index is 11.1. The van der Waals surface area contributed by atoms with Crippen molar-refractivity contribution in [2.75, 3.05) is 6.54 Å². The Kier molecular flexibility index (Phi) is 2.73. The van der Waals surface area contributed by atoms with E-state index in [0.29, 0.717) is 12.6 Å². The average molecular weight is 171 g/mol. The standard InChI is InChI=1S/C9H17NO2/c1-9(2,3)12-8(11)6-10-7-4-5-7/h7,10H,4-6H2,1-3H3. The Morgan fingerprint density at radius 2 is 2.08 bits per heavy atom. The molecule has 1 aliphatic carbocycles. The van der Waals surface area contributed by atoms with Crippen LogP contribution >= 0.6 is 0 Å². The molecule has 0 aliphatic heterocycles. The summed E-state index contributed by atoms with van der Waals surface area (Å²) in [4.78, 5) is 11.1. The summed E-state index contributed by atoms with van der Waals surface area (Å²) in [6.45, 7) is 5.98. The van der Waals surface area contributed by atoms with Crippen LogP contribution in [0.25, 0.3) is 0 Å². The van der Waals surface area contributed by atoms with Crippen LogP contribution in [-0.4, -0.2) is 24.2 Å². The van der Waals surface area contributed by atoms with E-state index in [-0.39, 0.29) is 11.6 Å². The number of carbonyl (C=O) groups excluding carboxylic acids is 1. The fourth-order valence-corrected chi connectivity index (χ4v) is 0.893. The Morgan fingerprint density at radius 1 is 1.50 bits per heavy atom. The van der Waals surface area contributed by atoms with Gasteiger partial charge in [0.2, 0.25) is 0 Å². The fourth-order valence-electron chi connectivity index (χ4n) is 0.893. The van der Waals surface area contributed by atoms with Crippen LogP contribution in [0.1, 0.15) is 33.6 Å². The molecule has 1 aliphatic rings. The number of rotatable bonds is 3. The Balaban J connectivity index is 2.10. The molecule has 0 bridgehead atoms. The number of hydrogen-bond donors (Lipinski definition) is 1. The lowest BCUT2D eigenvalue weighted by molar-refractivity contribution is -0.153. The van der Waals surface area contributed by atoms with E-state index >= 15 is 0 Å². The van der Waals surface area contributed by atoms with Crippen molar-refractivity contribution < 1.29 is 9.53 Å². The zero-order valence-electron chi connectivity index (χ0n) is 8.02. The van der Waals surface area contributed by atoms with Crippen LogP contribution in [0, 0.1) is 0 Å². The lowest BCUT2D eigenvalue weighted by atomic mass is 10.2. The van der Waals surface area contributed by atoms with E-state index in [2.05, 4.69) is 5.32 Å². The van der Waals surface area contributed by atoms with E-state index in [9.17, 15) is 4.79 Å². The molecule has 3 heteroatoms. The first-order valence-corrected chi connectivity index (χ1v) is 4.42. The Labute approximate surface area is 73.5 Å². The number of hydrogen-bond acceptors (Lipinski definition) is 3. The van der Waals surface area contributed by atoms with Gasteiger partial charge in [-0.05, 0) is 33.6 Å². The van der Waals surface area contributed by atoms with Crippen molar-refractivity contribution in [1.29, 1.82) is 0 Å². The molecule has 0 unspecified atom stereocenters. The van der Waals surface area contributed by atoms with Gasteiger partial charge < -0.3 is 10.1 Å². The molecule has 70 valence electrons. The van der Waals surface area contributed by atoms with Gasteiger partial charge in [0, 0.05) is 6.04 Å². The van der Waals surface area contributed by atoms with Crippen LogP contribution in [0.15, 0.2) is 0 Å². The van der Waals surface area contributed by atoms with Gasteiger partial charge in [0.1, 0.15) is 5.60 Å². The number of esters is 1. The predicted octanol–water partition coefficient (Wildman–Crippen LogP) is 1.08. The lowest BCUT2D eigenvalue weighted by Crippen LogP contribution is -2.32. The summed E-state index contributed by atoms with van der Waals surface area (Å²) in [5.74, 6) is -0.158. The van der Waals surface area contributed by atoms with Gasteiger partial charge in [0.15, 0.2) is 0 Å². The van der Waals surface area contributed by atoms with Gasteiger partial charge in [-0.2, -0.15) is 0 Å². The van der Waals surface area contributed by atoms with E-state index in [1.807, 2.05) is 20.8 Å². The minimum Gasteiger partial charge on any atom is -0.459 e. The van der Waals surface area contributed by atoms with Gasteiger partial charge in [-0.15, -0.1) is 0 Å². The first-order chi connectivity index (χ1) is 5.47. The van der Waals surface area contributed by atoms with Crippen LogP contribution in [0.5, 0.6) is 0 Å². The number of carbonyl (C=O) groups is 1. The number of ether oxygens (including phenoxy) is 1. The molecule has 0 amide bonds. The maximum absolute atomic E-state index is 11.1. The molecule has 1 fully saturated rings. The maximum Gasteiger partial charge on any atom is 0.320 e. The van der Waals surface area contributed by atoms with Crippen LogP contribution < -0.4 is 5.32 Å². The normalized spacial score (nSPS) is 17.6. The highest BCUT2D eigenvalue weighted by molar-refractivity contribution is 5.72. The van der Waals surface area contributed by atoms with Gasteiger partial charge in [0.05, 0.1) is 6.54 Å². The van der Waals surface area contributed by atoms with Crippen molar-refractivity contribution in [1.82, 2.24) is 5.32 Å². The number of nitrogens with one attached hydrogen (secondary N) is 1. The van der Waals surface area contributed by atoms with E-state index in [4.69, 9.17) is 4.74 Å². The van der Waals surface area contributed by atoms with Crippen LogP contribution in [0.4, 0.5) is 0 Å². The second-order valence-corrected chi connectivity index (χ2v) is 4.24. The molecule has 0 aromatic heterocycles. The van der Waals surface area contributed by atoms with Crippen molar-refractivity contribution in [3.05, 3.63) is 0 Å². The highest BCUT2D eigenvalue weighted by Crippen LogP contribution is 2.18. The zero-order chi connectivity index (χ0) is 9.19. The smallest absolute Gasteiger partial charge is 0.320 e.